The van der Waals surface area contributed by atoms with E-state index < -0.39 is 17.9 Å². The zero-order valence-corrected chi connectivity index (χ0v) is 11.6. The van der Waals surface area contributed by atoms with Gasteiger partial charge >= 0.3 is 0 Å². The molecule has 1 aromatic carbocycles. The minimum Gasteiger partial charge on any atom is -0.351 e. The number of hydrogen-bond donors (Lipinski definition) is 1. The van der Waals surface area contributed by atoms with E-state index in [0.717, 1.165) is 6.07 Å². The minimum atomic E-state index is -0.868. The van der Waals surface area contributed by atoms with Gasteiger partial charge in [-0.3, -0.25) is 0 Å². The van der Waals surface area contributed by atoms with Gasteiger partial charge in [0.05, 0.1) is 6.04 Å². The van der Waals surface area contributed by atoms with Crippen LogP contribution in [0.25, 0.3) is 0 Å². The molecule has 1 atom stereocenters. The topological polar surface area (TPSA) is 30.5 Å². The normalized spacial score (nSPS) is 12.9. The Kier molecular flexibility index (Phi) is 6.91. The van der Waals surface area contributed by atoms with Crippen LogP contribution in [0, 0.1) is 11.6 Å². The molecule has 19 heavy (non-hydrogen) atoms. The highest BCUT2D eigenvalue weighted by atomic mass is 19.2. The zero-order valence-electron chi connectivity index (χ0n) is 11.6. The van der Waals surface area contributed by atoms with Gasteiger partial charge in [-0.25, -0.2) is 8.78 Å². The first-order valence-corrected chi connectivity index (χ1v) is 6.55. The molecule has 108 valence electrons. The molecule has 0 aliphatic rings. The number of halogens is 2. The third-order valence-corrected chi connectivity index (χ3v) is 2.66. The maximum absolute atomic E-state index is 13.3. The second kappa shape index (κ2) is 8.19. The zero-order chi connectivity index (χ0) is 14.3. The molecule has 0 saturated carbocycles. The van der Waals surface area contributed by atoms with Crippen molar-refractivity contribution in [1.29, 1.82) is 0 Å². The SMILES string of the molecule is CCNC(c1ccc(F)c(F)c1)C(OCC)OCC. The van der Waals surface area contributed by atoms with Crippen molar-refractivity contribution in [3.05, 3.63) is 35.4 Å². The summed E-state index contributed by atoms with van der Waals surface area (Å²) in [5.41, 5.74) is 0.604. The van der Waals surface area contributed by atoms with Gasteiger partial charge in [-0.15, -0.1) is 0 Å². The molecule has 0 heterocycles. The predicted octanol–water partition coefficient (Wildman–Crippen LogP) is 3.01. The molecule has 0 radical (unpaired) electrons. The van der Waals surface area contributed by atoms with Gasteiger partial charge in [0.25, 0.3) is 0 Å². The fraction of sp³-hybridized carbons (Fsp3) is 0.571. The van der Waals surface area contributed by atoms with E-state index in [0.29, 0.717) is 25.3 Å². The molecule has 0 fully saturated rings. The molecule has 1 N–H and O–H groups in total. The number of nitrogens with one attached hydrogen (secondary N) is 1. The van der Waals surface area contributed by atoms with Crippen LogP contribution < -0.4 is 5.32 Å². The Bertz CT molecular complexity index is 382. The third kappa shape index (κ3) is 4.53. The lowest BCUT2D eigenvalue weighted by molar-refractivity contribution is -0.155. The summed E-state index contributed by atoms with van der Waals surface area (Å²) in [7, 11) is 0. The first-order chi connectivity index (χ1) is 9.13. The smallest absolute Gasteiger partial charge is 0.176 e. The molecule has 0 spiro atoms. The van der Waals surface area contributed by atoms with E-state index in [1.54, 1.807) is 0 Å². The lowest BCUT2D eigenvalue weighted by Crippen LogP contribution is -2.36. The van der Waals surface area contributed by atoms with Crippen molar-refractivity contribution in [1.82, 2.24) is 5.32 Å². The van der Waals surface area contributed by atoms with Gasteiger partial charge in [-0.05, 0) is 38.1 Å². The number of likely N-dealkylation sites (N-methyl/N-ethyl adjacent to an activating group) is 1. The Balaban J connectivity index is 2.98. The molecule has 0 saturated heterocycles. The predicted molar refractivity (Wildman–Crippen MR) is 69.8 cm³/mol. The monoisotopic (exact) mass is 273 g/mol. The lowest BCUT2D eigenvalue weighted by Gasteiger charge is -2.27. The summed E-state index contributed by atoms with van der Waals surface area (Å²) in [5.74, 6) is -1.73. The summed E-state index contributed by atoms with van der Waals surface area (Å²) < 4.78 is 37.4. The number of rotatable bonds is 8. The Morgan fingerprint density at radius 1 is 1.05 bits per heavy atom. The average Bonchev–Trinajstić information content (AvgIpc) is 2.39. The van der Waals surface area contributed by atoms with Gasteiger partial charge in [0.2, 0.25) is 0 Å². The Hall–Kier alpha value is -1.04. The van der Waals surface area contributed by atoms with Crippen LogP contribution in [-0.4, -0.2) is 26.0 Å². The van der Waals surface area contributed by atoms with Gasteiger partial charge in [0.15, 0.2) is 17.9 Å². The highest BCUT2D eigenvalue weighted by Crippen LogP contribution is 2.22. The average molecular weight is 273 g/mol. The first kappa shape index (κ1) is 16.0. The Labute approximate surface area is 112 Å². The summed E-state index contributed by atoms with van der Waals surface area (Å²) in [5, 5.41) is 3.18. The van der Waals surface area contributed by atoms with Crippen LogP contribution in [0.2, 0.25) is 0 Å². The molecule has 0 aliphatic carbocycles. The summed E-state index contributed by atoms with van der Waals surface area (Å²) in [6, 6.07) is 3.49. The highest BCUT2D eigenvalue weighted by Gasteiger charge is 2.24. The molecular weight excluding hydrogens is 252 g/mol. The maximum atomic E-state index is 13.3. The van der Waals surface area contributed by atoms with Crippen LogP contribution in [0.5, 0.6) is 0 Å². The second-order valence-electron chi connectivity index (χ2n) is 3.99. The molecule has 3 nitrogen and oxygen atoms in total. The summed E-state index contributed by atoms with van der Waals surface area (Å²) in [6.07, 6.45) is -0.528. The summed E-state index contributed by atoms with van der Waals surface area (Å²) in [4.78, 5) is 0. The van der Waals surface area contributed by atoms with Gasteiger partial charge < -0.3 is 14.8 Å². The molecule has 0 aromatic heterocycles. The quantitative estimate of drug-likeness (QED) is 0.739. The van der Waals surface area contributed by atoms with E-state index in [1.807, 2.05) is 20.8 Å². The molecule has 1 rings (SSSR count). The minimum absolute atomic E-state index is 0.333. The van der Waals surface area contributed by atoms with Crippen molar-refractivity contribution in [2.75, 3.05) is 19.8 Å². The van der Waals surface area contributed by atoms with Gasteiger partial charge in [-0.2, -0.15) is 0 Å². The van der Waals surface area contributed by atoms with Crippen molar-refractivity contribution < 1.29 is 18.3 Å². The fourth-order valence-electron chi connectivity index (χ4n) is 1.87. The largest absolute Gasteiger partial charge is 0.351 e. The molecule has 1 aromatic rings. The van der Waals surface area contributed by atoms with Crippen LogP contribution in [0.1, 0.15) is 32.4 Å². The number of ether oxygens (including phenoxy) is 2. The molecule has 0 amide bonds. The Morgan fingerprint density at radius 2 is 1.68 bits per heavy atom. The van der Waals surface area contributed by atoms with E-state index in [9.17, 15) is 8.78 Å². The van der Waals surface area contributed by atoms with E-state index in [1.165, 1.54) is 12.1 Å². The van der Waals surface area contributed by atoms with Crippen molar-refractivity contribution in [3.63, 3.8) is 0 Å². The van der Waals surface area contributed by atoms with Crippen molar-refractivity contribution in [2.45, 2.75) is 33.1 Å². The van der Waals surface area contributed by atoms with Gasteiger partial charge in [0, 0.05) is 13.2 Å². The second-order valence-corrected chi connectivity index (χ2v) is 3.99. The van der Waals surface area contributed by atoms with Crippen LogP contribution in [0.15, 0.2) is 18.2 Å². The van der Waals surface area contributed by atoms with Gasteiger partial charge in [0.1, 0.15) is 0 Å². The molecular formula is C14H21F2NO2. The van der Waals surface area contributed by atoms with Crippen molar-refractivity contribution in [2.24, 2.45) is 0 Å². The van der Waals surface area contributed by atoms with Crippen molar-refractivity contribution >= 4 is 0 Å². The van der Waals surface area contributed by atoms with Crippen LogP contribution >= 0.6 is 0 Å². The first-order valence-electron chi connectivity index (χ1n) is 6.55. The van der Waals surface area contributed by atoms with E-state index in [-0.39, 0.29) is 6.04 Å². The van der Waals surface area contributed by atoms with Crippen LogP contribution in [0.3, 0.4) is 0 Å². The fourth-order valence-corrected chi connectivity index (χ4v) is 1.87. The molecule has 1 unspecified atom stereocenters. The number of benzene rings is 1. The Morgan fingerprint density at radius 3 is 2.16 bits per heavy atom. The summed E-state index contributed by atoms with van der Waals surface area (Å²) in [6.45, 7) is 7.29. The maximum Gasteiger partial charge on any atom is 0.176 e. The number of hydrogen-bond acceptors (Lipinski definition) is 3. The van der Waals surface area contributed by atoms with E-state index in [2.05, 4.69) is 5.32 Å². The van der Waals surface area contributed by atoms with Gasteiger partial charge in [-0.1, -0.05) is 13.0 Å². The summed E-state index contributed by atoms with van der Waals surface area (Å²) >= 11 is 0. The third-order valence-electron chi connectivity index (χ3n) is 2.66. The standard InChI is InChI=1S/C14H21F2NO2/c1-4-17-13(14(18-5-2)19-6-3)10-7-8-11(15)12(16)9-10/h7-9,13-14,17H,4-6H2,1-3H3. The van der Waals surface area contributed by atoms with Crippen LogP contribution in [0.4, 0.5) is 8.78 Å². The van der Waals surface area contributed by atoms with E-state index >= 15 is 0 Å². The molecule has 0 aliphatic heterocycles. The molecule has 0 bridgehead atoms. The lowest BCUT2D eigenvalue weighted by atomic mass is 10.1. The van der Waals surface area contributed by atoms with Crippen molar-refractivity contribution in [3.8, 4) is 0 Å². The highest BCUT2D eigenvalue weighted by molar-refractivity contribution is 5.22. The molecule has 5 heteroatoms. The van der Waals surface area contributed by atoms with E-state index in [4.69, 9.17) is 9.47 Å². The van der Waals surface area contributed by atoms with Crippen LogP contribution in [-0.2, 0) is 9.47 Å².